The first-order valence-corrected chi connectivity index (χ1v) is 7.22. The average molecular weight is 307 g/mol. The van der Waals surface area contributed by atoms with Gasteiger partial charge in [0.2, 0.25) is 0 Å². The van der Waals surface area contributed by atoms with Crippen LogP contribution in [-0.2, 0) is 25.6 Å². The molecule has 1 fully saturated rings. The van der Waals surface area contributed by atoms with E-state index in [0.717, 1.165) is 5.56 Å². The molecule has 0 spiro atoms. The maximum Gasteiger partial charge on any atom is 0.407 e. The Morgan fingerprint density at radius 2 is 1.91 bits per heavy atom. The molecule has 1 aromatic rings. The third-order valence-corrected chi connectivity index (χ3v) is 3.87. The predicted molar refractivity (Wildman–Crippen MR) is 79.1 cm³/mol. The van der Waals surface area contributed by atoms with E-state index in [1.807, 2.05) is 30.3 Å². The lowest BCUT2D eigenvalue weighted by atomic mass is 10.0. The average Bonchev–Trinajstić information content (AvgIpc) is 2.96. The predicted octanol–water partition coefficient (Wildman–Crippen LogP) is 1.88. The maximum absolute atomic E-state index is 11.9. The Morgan fingerprint density at radius 3 is 2.55 bits per heavy atom. The van der Waals surface area contributed by atoms with Crippen molar-refractivity contribution in [1.29, 1.82) is 0 Å². The fourth-order valence-corrected chi connectivity index (χ4v) is 2.67. The molecule has 0 saturated heterocycles. The van der Waals surface area contributed by atoms with E-state index in [0.29, 0.717) is 12.8 Å². The molecule has 0 aliphatic heterocycles. The summed E-state index contributed by atoms with van der Waals surface area (Å²) in [6.07, 6.45) is 0.492. The number of esters is 1. The van der Waals surface area contributed by atoms with E-state index in [-0.39, 0.29) is 24.7 Å². The number of ether oxygens (including phenoxy) is 3. The van der Waals surface area contributed by atoms with E-state index in [1.54, 1.807) is 7.11 Å². The van der Waals surface area contributed by atoms with E-state index >= 15 is 0 Å². The van der Waals surface area contributed by atoms with Crippen LogP contribution in [0, 0.1) is 5.92 Å². The van der Waals surface area contributed by atoms with Crippen LogP contribution in [0.15, 0.2) is 30.3 Å². The molecule has 120 valence electrons. The largest absolute Gasteiger partial charge is 0.469 e. The minimum absolute atomic E-state index is 0.0662. The normalized spacial score (nSPS) is 23.8. The highest BCUT2D eigenvalue weighted by Crippen LogP contribution is 2.29. The smallest absolute Gasteiger partial charge is 0.407 e. The molecular formula is C16H21NO5. The first-order chi connectivity index (χ1) is 10.6. The van der Waals surface area contributed by atoms with Crippen molar-refractivity contribution >= 4 is 12.1 Å². The maximum atomic E-state index is 11.9. The van der Waals surface area contributed by atoms with Crippen LogP contribution in [0.3, 0.4) is 0 Å². The number of benzene rings is 1. The summed E-state index contributed by atoms with van der Waals surface area (Å²) in [6, 6.07) is 9.07. The lowest BCUT2D eigenvalue weighted by Gasteiger charge is -2.18. The molecule has 3 atom stereocenters. The van der Waals surface area contributed by atoms with Crippen molar-refractivity contribution in [1.82, 2.24) is 5.32 Å². The van der Waals surface area contributed by atoms with Crippen LogP contribution in [0.4, 0.5) is 4.79 Å². The lowest BCUT2D eigenvalue weighted by Crippen LogP contribution is -2.40. The molecule has 6 heteroatoms. The number of rotatable bonds is 5. The zero-order valence-corrected chi connectivity index (χ0v) is 12.8. The van der Waals surface area contributed by atoms with E-state index in [2.05, 4.69) is 5.32 Å². The quantitative estimate of drug-likeness (QED) is 0.841. The van der Waals surface area contributed by atoms with Gasteiger partial charge in [-0.15, -0.1) is 0 Å². The number of hydrogen-bond acceptors (Lipinski definition) is 5. The molecule has 0 heterocycles. The molecule has 0 unspecified atom stereocenters. The number of nitrogens with one attached hydrogen (secondary N) is 1. The summed E-state index contributed by atoms with van der Waals surface area (Å²) in [7, 11) is 2.93. The summed E-state index contributed by atoms with van der Waals surface area (Å²) < 4.78 is 15.2. The van der Waals surface area contributed by atoms with Gasteiger partial charge in [0.1, 0.15) is 6.61 Å². The second-order valence-corrected chi connectivity index (χ2v) is 5.27. The molecule has 0 bridgehead atoms. The number of carbonyl (C=O) groups is 2. The van der Waals surface area contributed by atoms with Gasteiger partial charge >= 0.3 is 12.1 Å². The lowest BCUT2D eigenvalue weighted by molar-refractivity contribution is -0.146. The van der Waals surface area contributed by atoms with Crippen LogP contribution >= 0.6 is 0 Å². The van der Waals surface area contributed by atoms with Crippen LogP contribution in [0.2, 0.25) is 0 Å². The van der Waals surface area contributed by atoms with Crippen molar-refractivity contribution in [3.63, 3.8) is 0 Å². The van der Waals surface area contributed by atoms with E-state index in [1.165, 1.54) is 7.11 Å². The highest BCUT2D eigenvalue weighted by Gasteiger charge is 2.40. The van der Waals surface area contributed by atoms with Gasteiger partial charge in [-0.05, 0) is 18.4 Å². The number of hydrogen-bond donors (Lipinski definition) is 1. The van der Waals surface area contributed by atoms with Crippen LogP contribution < -0.4 is 5.32 Å². The Kier molecular flexibility index (Phi) is 5.77. The van der Waals surface area contributed by atoms with Gasteiger partial charge in [0.25, 0.3) is 0 Å². The zero-order valence-electron chi connectivity index (χ0n) is 12.8. The molecule has 2 rings (SSSR count). The van der Waals surface area contributed by atoms with Crippen LogP contribution in [0.25, 0.3) is 0 Å². The van der Waals surface area contributed by atoms with Gasteiger partial charge in [0, 0.05) is 13.2 Å². The van der Waals surface area contributed by atoms with E-state index in [9.17, 15) is 9.59 Å². The summed E-state index contributed by atoms with van der Waals surface area (Å²) in [4.78, 5) is 23.7. The molecule has 1 amide bonds. The number of methoxy groups -OCH3 is 2. The molecule has 22 heavy (non-hydrogen) atoms. The molecule has 1 aliphatic rings. The Hall–Kier alpha value is -2.08. The van der Waals surface area contributed by atoms with Crippen LogP contribution in [0.5, 0.6) is 0 Å². The van der Waals surface area contributed by atoms with Crippen molar-refractivity contribution in [2.24, 2.45) is 5.92 Å². The molecule has 0 radical (unpaired) electrons. The summed E-state index contributed by atoms with van der Waals surface area (Å²) >= 11 is 0. The molecule has 1 aromatic carbocycles. The molecule has 1 saturated carbocycles. The molecular weight excluding hydrogens is 286 g/mol. The van der Waals surface area contributed by atoms with Crippen molar-refractivity contribution in [2.75, 3.05) is 14.2 Å². The monoisotopic (exact) mass is 307 g/mol. The Bertz CT molecular complexity index is 505. The number of alkyl carbamates (subject to hydrolysis) is 1. The first kappa shape index (κ1) is 16.3. The second kappa shape index (κ2) is 7.79. The third-order valence-electron chi connectivity index (χ3n) is 3.87. The fourth-order valence-electron chi connectivity index (χ4n) is 2.67. The minimum atomic E-state index is -0.542. The molecule has 1 N–H and O–H groups in total. The number of amides is 1. The van der Waals surface area contributed by atoms with Gasteiger partial charge in [-0.2, -0.15) is 0 Å². The van der Waals surface area contributed by atoms with Crippen LogP contribution in [-0.4, -0.2) is 38.4 Å². The highest BCUT2D eigenvalue weighted by atomic mass is 16.5. The topological polar surface area (TPSA) is 73.9 Å². The van der Waals surface area contributed by atoms with Crippen molar-refractivity contribution in [3.05, 3.63) is 35.9 Å². The standard InChI is InChI=1S/C16H21NO5/c1-20-12-8-13(15(18)21-2)14(9-12)17-16(19)22-10-11-6-4-3-5-7-11/h3-7,12-14H,8-10H2,1-2H3,(H,17,19)/t12-,13-,14+/m0/s1. The second-order valence-electron chi connectivity index (χ2n) is 5.27. The van der Waals surface area contributed by atoms with E-state index < -0.39 is 12.0 Å². The minimum Gasteiger partial charge on any atom is -0.469 e. The molecule has 1 aliphatic carbocycles. The Labute approximate surface area is 129 Å². The number of carbonyl (C=O) groups excluding carboxylic acids is 2. The first-order valence-electron chi connectivity index (χ1n) is 7.22. The molecule has 6 nitrogen and oxygen atoms in total. The molecule has 0 aromatic heterocycles. The van der Waals surface area contributed by atoms with Gasteiger partial charge in [-0.1, -0.05) is 30.3 Å². The highest BCUT2D eigenvalue weighted by molar-refractivity contribution is 5.75. The van der Waals surface area contributed by atoms with Gasteiger partial charge in [-0.25, -0.2) is 4.79 Å². The van der Waals surface area contributed by atoms with E-state index in [4.69, 9.17) is 14.2 Å². The van der Waals surface area contributed by atoms with Crippen molar-refractivity contribution in [3.8, 4) is 0 Å². The Morgan fingerprint density at radius 1 is 1.18 bits per heavy atom. The van der Waals surface area contributed by atoms with Crippen molar-refractivity contribution < 1.29 is 23.8 Å². The zero-order chi connectivity index (χ0) is 15.9. The van der Waals surface area contributed by atoms with Crippen LogP contribution in [0.1, 0.15) is 18.4 Å². The van der Waals surface area contributed by atoms with Crippen molar-refractivity contribution in [2.45, 2.75) is 31.6 Å². The summed E-state index contributed by atoms with van der Waals surface area (Å²) in [5.74, 6) is -0.743. The Balaban J connectivity index is 1.87. The third kappa shape index (κ3) is 4.21. The van der Waals surface area contributed by atoms with Gasteiger partial charge in [0.15, 0.2) is 0 Å². The fraction of sp³-hybridized carbons (Fsp3) is 0.500. The summed E-state index contributed by atoms with van der Waals surface area (Å²) in [5.41, 5.74) is 0.906. The summed E-state index contributed by atoms with van der Waals surface area (Å²) in [6.45, 7) is 0.190. The van der Waals surface area contributed by atoms with Gasteiger partial charge in [-0.3, -0.25) is 4.79 Å². The van der Waals surface area contributed by atoms with Gasteiger partial charge in [0.05, 0.1) is 19.1 Å². The summed E-state index contributed by atoms with van der Waals surface area (Å²) in [5, 5.41) is 2.74. The SMILES string of the molecule is COC(=O)[C@H]1C[C@H](OC)C[C@H]1NC(=O)OCc1ccccc1. The van der Waals surface area contributed by atoms with Gasteiger partial charge < -0.3 is 19.5 Å².